The summed E-state index contributed by atoms with van der Waals surface area (Å²) in [7, 11) is 1.62. The summed E-state index contributed by atoms with van der Waals surface area (Å²) in [4.78, 5) is 42.6. The van der Waals surface area contributed by atoms with Gasteiger partial charge in [0.15, 0.2) is 0 Å². The topological polar surface area (TPSA) is 102 Å². The monoisotopic (exact) mass is 544 g/mol. The summed E-state index contributed by atoms with van der Waals surface area (Å²) in [5, 5.41) is 17.0. The van der Waals surface area contributed by atoms with E-state index in [0.29, 0.717) is 37.3 Å². The highest BCUT2D eigenvalue weighted by molar-refractivity contribution is 6.00. The first-order valence-corrected chi connectivity index (χ1v) is 13.4. The molecule has 212 valence electrons. The molecule has 3 atom stereocenters. The molecule has 0 spiro atoms. The van der Waals surface area contributed by atoms with Crippen LogP contribution < -0.4 is 10.6 Å². The molecule has 0 radical (unpaired) electrons. The van der Waals surface area contributed by atoms with E-state index in [0.717, 1.165) is 31.0 Å². The molecule has 3 N–H and O–H groups in total. The molecule has 39 heavy (non-hydrogen) atoms. The normalized spacial score (nSPS) is 17.1. The van der Waals surface area contributed by atoms with Crippen LogP contribution in [-0.4, -0.2) is 84.0 Å². The van der Waals surface area contributed by atoms with Crippen molar-refractivity contribution in [3.63, 3.8) is 0 Å². The SMILES string of the molecule is CCCN(CCC)C(=O)c1cc(C)cc(C(=O)N[C@@H](Cc2cc(F)cc(F)c2)[C@H](O)[C@@H]2NCCN(C)C2=O)c1. The number of rotatable bonds is 11. The van der Waals surface area contributed by atoms with Gasteiger partial charge in [0.25, 0.3) is 11.8 Å². The second kappa shape index (κ2) is 13.6. The van der Waals surface area contributed by atoms with Crippen LogP contribution in [0.3, 0.4) is 0 Å². The van der Waals surface area contributed by atoms with Crippen LogP contribution in [0.4, 0.5) is 8.78 Å². The second-order valence-electron chi connectivity index (χ2n) is 10.1. The molecule has 1 saturated heterocycles. The fourth-order valence-electron chi connectivity index (χ4n) is 4.89. The van der Waals surface area contributed by atoms with Crippen LogP contribution in [-0.2, 0) is 11.2 Å². The predicted molar refractivity (Wildman–Crippen MR) is 144 cm³/mol. The van der Waals surface area contributed by atoms with Crippen LogP contribution in [0.2, 0.25) is 0 Å². The zero-order valence-electron chi connectivity index (χ0n) is 23.0. The van der Waals surface area contributed by atoms with Gasteiger partial charge in [-0.05, 0) is 67.6 Å². The van der Waals surface area contributed by atoms with Gasteiger partial charge in [-0.15, -0.1) is 0 Å². The third-order valence-corrected chi connectivity index (χ3v) is 6.76. The number of aliphatic hydroxyl groups excluding tert-OH is 1. The Morgan fingerprint density at radius 2 is 1.69 bits per heavy atom. The van der Waals surface area contributed by atoms with Gasteiger partial charge in [-0.2, -0.15) is 0 Å². The number of piperazine rings is 1. The number of nitrogens with zero attached hydrogens (tertiary/aromatic N) is 2. The molecule has 3 amide bonds. The molecule has 0 bridgehead atoms. The van der Waals surface area contributed by atoms with E-state index in [1.165, 1.54) is 11.0 Å². The number of amides is 3. The van der Waals surface area contributed by atoms with Crippen molar-refractivity contribution in [2.24, 2.45) is 0 Å². The van der Waals surface area contributed by atoms with Gasteiger partial charge in [-0.3, -0.25) is 14.4 Å². The fourth-order valence-corrected chi connectivity index (χ4v) is 4.89. The Morgan fingerprint density at radius 3 is 2.31 bits per heavy atom. The van der Waals surface area contributed by atoms with Crippen LogP contribution in [0.5, 0.6) is 0 Å². The summed E-state index contributed by atoms with van der Waals surface area (Å²) in [6.07, 6.45) is 0.0727. The van der Waals surface area contributed by atoms with Crippen molar-refractivity contribution >= 4 is 17.7 Å². The van der Waals surface area contributed by atoms with Crippen LogP contribution in [0.25, 0.3) is 0 Å². The number of likely N-dealkylation sites (N-methyl/N-ethyl adjacent to an activating group) is 1. The Kier molecular flexibility index (Phi) is 10.5. The molecule has 1 fully saturated rings. The number of nitrogens with one attached hydrogen (secondary N) is 2. The molecule has 1 aliphatic rings. The summed E-state index contributed by atoms with van der Waals surface area (Å²) >= 11 is 0. The third kappa shape index (κ3) is 7.83. The summed E-state index contributed by atoms with van der Waals surface area (Å²) in [6.45, 7) is 7.85. The molecular weight excluding hydrogens is 506 g/mol. The number of hydrogen-bond acceptors (Lipinski definition) is 5. The zero-order valence-corrected chi connectivity index (χ0v) is 23.0. The maximum Gasteiger partial charge on any atom is 0.253 e. The smallest absolute Gasteiger partial charge is 0.253 e. The van der Waals surface area contributed by atoms with E-state index in [-0.39, 0.29) is 29.4 Å². The van der Waals surface area contributed by atoms with Crippen molar-refractivity contribution in [2.45, 2.75) is 58.2 Å². The van der Waals surface area contributed by atoms with Gasteiger partial charge in [0.05, 0.1) is 12.1 Å². The Labute approximate surface area is 228 Å². The number of aliphatic hydroxyl groups is 1. The molecule has 10 heteroatoms. The minimum atomic E-state index is -1.40. The number of carbonyl (C=O) groups excluding carboxylic acids is 3. The molecule has 8 nitrogen and oxygen atoms in total. The van der Waals surface area contributed by atoms with Gasteiger partial charge < -0.3 is 25.5 Å². The minimum Gasteiger partial charge on any atom is -0.389 e. The quantitative estimate of drug-likeness (QED) is 0.404. The van der Waals surface area contributed by atoms with Crippen molar-refractivity contribution in [1.29, 1.82) is 0 Å². The first-order valence-electron chi connectivity index (χ1n) is 13.4. The van der Waals surface area contributed by atoms with Gasteiger partial charge in [0.1, 0.15) is 17.7 Å². The van der Waals surface area contributed by atoms with Gasteiger partial charge in [-0.25, -0.2) is 8.78 Å². The minimum absolute atomic E-state index is 0.130. The summed E-state index contributed by atoms with van der Waals surface area (Å²) in [5.74, 6) is -2.69. The Morgan fingerprint density at radius 1 is 1.08 bits per heavy atom. The lowest BCUT2D eigenvalue weighted by Gasteiger charge is -2.36. The molecule has 2 aromatic rings. The number of hydrogen-bond donors (Lipinski definition) is 3. The van der Waals surface area contributed by atoms with Crippen LogP contribution in [0, 0.1) is 18.6 Å². The molecule has 3 rings (SSSR count). The molecule has 1 heterocycles. The van der Waals surface area contributed by atoms with Gasteiger partial charge >= 0.3 is 0 Å². The van der Waals surface area contributed by atoms with Gasteiger partial charge in [0.2, 0.25) is 5.91 Å². The van der Waals surface area contributed by atoms with Crippen molar-refractivity contribution in [3.05, 3.63) is 70.3 Å². The molecule has 0 saturated carbocycles. The van der Waals surface area contributed by atoms with E-state index < -0.39 is 35.7 Å². The Bertz CT molecular complexity index is 1170. The standard InChI is InChI=1S/C29H38F2N4O4/c1-5-8-35(9-6-2)28(38)21-12-18(3)11-20(16-21)27(37)33-24(15-19-13-22(30)17-23(31)14-19)26(36)25-29(39)34(4)10-7-32-25/h11-14,16-17,24-26,32,36H,5-10,15H2,1-4H3,(H,33,37)/t24-,25-,26-/m0/s1. The molecular formula is C29H38F2N4O4. The van der Waals surface area contributed by atoms with Crippen molar-refractivity contribution < 1.29 is 28.3 Å². The van der Waals surface area contributed by atoms with E-state index >= 15 is 0 Å². The molecule has 0 aromatic heterocycles. The number of aryl methyl sites for hydroxylation is 1. The molecule has 1 aliphatic heterocycles. The van der Waals surface area contributed by atoms with E-state index in [2.05, 4.69) is 10.6 Å². The Balaban J connectivity index is 1.91. The van der Waals surface area contributed by atoms with Gasteiger partial charge in [-0.1, -0.05) is 13.8 Å². The van der Waals surface area contributed by atoms with Crippen LogP contribution in [0.1, 0.15) is 58.5 Å². The summed E-state index contributed by atoms with van der Waals surface area (Å²) in [5.41, 5.74) is 1.49. The lowest BCUT2D eigenvalue weighted by molar-refractivity contribution is -0.138. The maximum absolute atomic E-state index is 13.9. The fraction of sp³-hybridized carbons (Fsp3) is 0.483. The summed E-state index contributed by atoms with van der Waals surface area (Å²) in [6, 6.07) is 5.75. The van der Waals surface area contributed by atoms with E-state index in [1.54, 1.807) is 31.0 Å². The third-order valence-electron chi connectivity index (χ3n) is 6.76. The van der Waals surface area contributed by atoms with Crippen LogP contribution in [0.15, 0.2) is 36.4 Å². The molecule has 0 aliphatic carbocycles. The van der Waals surface area contributed by atoms with Crippen molar-refractivity contribution in [1.82, 2.24) is 20.4 Å². The average Bonchev–Trinajstić information content (AvgIpc) is 2.88. The highest BCUT2D eigenvalue weighted by Gasteiger charge is 2.37. The molecule has 2 aromatic carbocycles. The Hall–Kier alpha value is -3.37. The second-order valence-corrected chi connectivity index (χ2v) is 10.1. The average molecular weight is 545 g/mol. The molecule has 0 unspecified atom stereocenters. The number of halogens is 2. The van der Waals surface area contributed by atoms with Crippen LogP contribution >= 0.6 is 0 Å². The maximum atomic E-state index is 13.9. The van der Waals surface area contributed by atoms with Gasteiger partial charge in [0, 0.05) is 50.4 Å². The lowest BCUT2D eigenvalue weighted by Crippen LogP contribution is -2.63. The van der Waals surface area contributed by atoms with E-state index in [4.69, 9.17) is 0 Å². The number of carbonyl (C=O) groups is 3. The largest absolute Gasteiger partial charge is 0.389 e. The zero-order chi connectivity index (χ0) is 28.7. The van der Waals surface area contributed by atoms with Crippen molar-refractivity contribution in [3.8, 4) is 0 Å². The highest BCUT2D eigenvalue weighted by Crippen LogP contribution is 2.18. The summed E-state index contributed by atoms with van der Waals surface area (Å²) < 4.78 is 27.8. The first-order chi connectivity index (χ1) is 18.5. The first kappa shape index (κ1) is 30.2. The van der Waals surface area contributed by atoms with E-state index in [1.807, 2.05) is 13.8 Å². The van der Waals surface area contributed by atoms with Crippen molar-refractivity contribution in [2.75, 3.05) is 33.2 Å². The predicted octanol–water partition coefficient (Wildman–Crippen LogP) is 2.67. The highest BCUT2D eigenvalue weighted by atomic mass is 19.1. The number of benzene rings is 2. The lowest BCUT2D eigenvalue weighted by atomic mass is 9.94. The van der Waals surface area contributed by atoms with E-state index in [9.17, 15) is 28.3 Å².